The Morgan fingerprint density at radius 1 is 1.25 bits per heavy atom. The third-order valence-electron chi connectivity index (χ3n) is 3.81. The molecule has 0 saturated heterocycles. The summed E-state index contributed by atoms with van der Waals surface area (Å²) in [6, 6.07) is 5.91. The summed E-state index contributed by atoms with van der Waals surface area (Å²) in [5.74, 6) is 1.24. The first-order valence-electron chi connectivity index (χ1n) is 6.91. The van der Waals surface area contributed by atoms with E-state index >= 15 is 0 Å². The first kappa shape index (κ1) is 14.5. The van der Waals surface area contributed by atoms with E-state index in [2.05, 4.69) is 49.3 Å². The zero-order valence-corrected chi connectivity index (χ0v) is 12.9. The number of aryl methyl sites for hydroxylation is 1. The van der Waals surface area contributed by atoms with Gasteiger partial charge in [-0.15, -0.1) is 5.10 Å². The molecule has 0 aliphatic heterocycles. The molecule has 0 fully saturated rings. The minimum atomic E-state index is 0.217. The number of aromatic nitrogens is 4. The molecule has 0 radical (unpaired) electrons. The standard InChI is InChI=1S/C15H23N5/c1-10-6-12(8-13(16)7-10)14-17-18-19-20(14)9-11(2)15(3,4)5/h6-8,11H,9,16H2,1-5H3. The van der Waals surface area contributed by atoms with Crippen molar-refractivity contribution in [1.82, 2.24) is 20.2 Å². The van der Waals surface area contributed by atoms with Crippen LogP contribution in [-0.2, 0) is 6.54 Å². The maximum Gasteiger partial charge on any atom is 0.182 e. The fourth-order valence-electron chi connectivity index (χ4n) is 2.01. The summed E-state index contributed by atoms with van der Waals surface area (Å²) in [6.45, 7) is 11.7. The Kier molecular flexibility index (Phi) is 3.79. The molecular weight excluding hydrogens is 250 g/mol. The zero-order valence-electron chi connectivity index (χ0n) is 12.9. The number of rotatable bonds is 3. The summed E-state index contributed by atoms with van der Waals surface area (Å²) in [6.07, 6.45) is 0. The van der Waals surface area contributed by atoms with Crippen LogP contribution in [0.4, 0.5) is 5.69 Å². The number of anilines is 1. The van der Waals surface area contributed by atoms with Crippen molar-refractivity contribution < 1.29 is 0 Å². The molecule has 5 heteroatoms. The van der Waals surface area contributed by atoms with Crippen molar-refractivity contribution in [3.8, 4) is 11.4 Å². The van der Waals surface area contributed by atoms with Crippen molar-refractivity contribution in [2.24, 2.45) is 11.3 Å². The van der Waals surface area contributed by atoms with E-state index in [-0.39, 0.29) is 5.41 Å². The third kappa shape index (κ3) is 3.15. The molecule has 2 aromatic rings. The molecule has 1 aromatic carbocycles. The van der Waals surface area contributed by atoms with Crippen LogP contribution >= 0.6 is 0 Å². The highest BCUT2D eigenvalue weighted by atomic mass is 15.5. The summed E-state index contributed by atoms with van der Waals surface area (Å²) in [7, 11) is 0. The molecule has 1 heterocycles. The highest BCUT2D eigenvalue weighted by Gasteiger charge is 2.22. The minimum Gasteiger partial charge on any atom is -0.399 e. The maximum absolute atomic E-state index is 5.91. The summed E-state index contributed by atoms with van der Waals surface area (Å²) < 4.78 is 1.87. The second-order valence-corrected chi connectivity index (χ2v) is 6.58. The van der Waals surface area contributed by atoms with Crippen LogP contribution in [0.25, 0.3) is 11.4 Å². The molecular formula is C15H23N5. The number of hydrogen-bond donors (Lipinski definition) is 1. The molecule has 0 aliphatic carbocycles. The van der Waals surface area contributed by atoms with E-state index in [0.717, 1.165) is 29.2 Å². The van der Waals surface area contributed by atoms with Crippen molar-refractivity contribution in [3.05, 3.63) is 23.8 Å². The molecule has 20 heavy (non-hydrogen) atoms. The number of hydrogen-bond acceptors (Lipinski definition) is 4. The van der Waals surface area contributed by atoms with Gasteiger partial charge in [0.1, 0.15) is 0 Å². The van der Waals surface area contributed by atoms with Gasteiger partial charge >= 0.3 is 0 Å². The number of tetrazole rings is 1. The molecule has 2 N–H and O–H groups in total. The topological polar surface area (TPSA) is 69.6 Å². The van der Waals surface area contributed by atoms with Gasteiger partial charge < -0.3 is 5.73 Å². The van der Waals surface area contributed by atoms with Crippen molar-refractivity contribution in [2.45, 2.75) is 41.2 Å². The van der Waals surface area contributed by atoms with Gasteiger partial charge in [-0.3, -0.25) is 0 Å². The van der Waals surface area contributed by atoms with Gasteiger partial charge in [0.05, 0.1) is 0 Å². The lowest BCUT2D eigenvalue weighted by molar-refractivity contribution is 0.225. The van der Waals surface area contributed by atoms with Crippen molar-refractivity contribution in [1.29, 1.82) is 0 Å². The highest BCUT2D eigenvalue weighted by molar-refractivity contribution is 5.62. The molecule has 108 valence electrons. The predicted octanol–water partition coefficient (Wildman–Crippen LogP) is 2.91. The van der Waals surface area contributed by atoms with E-state index in [9.17, 15) is 0 Å². The van der Waals surface area contributed by atoms with Gasteiger partial charge in [-0.2, -0.15) is 0 Å². The van der Waals surface area contributed by atoms with Gasteiger partial charge in [-0.25, -0.2) is 4.68 Å². The van der Waals surface area contributed by atoms with E-state index in [0.29, 0.717) is 5.92 Å². The lowest BCUT2D eigenvalue weighted by Gasteiger charge is -2.27. The van der Waals surface area contributed by atoms with E-state index in [4.69, 9.17) is 5.73 Å². The summed E-state index contributed by atoms with van der Waals surface area (Å²) in [5.41, 5.74) is 8.94. The zero-order chi connectivity index (χ0) is 14.9. The minimum absolute atomic E-state index is 0.217. The van der Waals surface area contributed by atoms with Crippen molar-refractivity contribution >= 4 is 5.69 Å². The number of nitrogen functional groups attached to an aromatic ring is 1. The predicted molar refractivity (Wildman–Crippen MR) is 81.0 cm³/mol. The van der Waals surface area contributed by atoms with Gasteiger partial charge in [-0.05, 0) is 52.4 Å². The van der Waals surface area contributed by atoms with Gasteiger partial charge in [0, 0.05) is 17.8 Å². The normalized spacial score (nSPS) is 13.4. The molecule has 0 spiro atoms. The lowest BCUT2D eigenvalue weighted by Crippen LogP contribution is -2.23. The van der Waals surface area contributed by atoms with Crippen LogP contribution in [0, 0.1) is 18.3 Å². The van der Waals surface area contributed by atoms with Crippen LogP contribution in [0.3, 0.4) is 0 Å². The van der Waals surface area contributed by atoms with Gasteiger partial charge in [0.25, 0.3) is 0 Å². The summed E-state index contributed by atoms with van der Waals surface area (Å²) in [4.78, 5) is 0. The Morgan fingerprint density at radius 2 is 1.95 bits per heavy atom. The van der Waals surface area contributed by atoms with E-state index in [1.54, 1.807) is 0 Å². The number of nitrogens with zero attached hydrogens (tertiary/aromatic N) is 4. The molecule has 1 aromatic heterocycles. The number of benzene rings is 1. The van der Waals surface area contributed by atoms with Crippen LogP contribution in [-0.4, -0.2) is 20.2 Å². The van der Waals surface area contributed by atoms with Crippen LogP contribution < -0.4 is 5.73 Å². The molecule has 0 amide bonds. The Balaban J connectivity index is 2.33. The van der Waals surface area contributed by atoms with Crippen molar-refractivity contribution in [2.75, 3.05) is 5.73 Å². The number of nitrogens with two attached hydrogens (primary N) is 1. The molecule has 2 rings (SSSR count). The van der Waals surface area contributed by atoms with E-state index in [1.165, 1.54) is 0 Å². The van der Waals surface area contributed by atoms with Crippen LogP contribution in [0.2, 0.25) is 0 Å². The SMILES string of the molecule is Cc1cc(N)cc(-c2nnnn2CC(C)C(C)(C)C)c1. The van der Waals surface area contributed by atoms with Gasteiger partial charge in [0.2, 0.25) is 0 Å². The summed E-state index contributed by atoms with van der Waals surface area (Å²) >= 11 is 0. The Hall–Kier alpha value is -1.91. The first-order valence-corrected chi connectivity index (χ1v) is 6.91. The van der Waals surface area contributed by atoms with E-state index < -0.39 is 0 Å². The second-order valence-electron chi connectivity index (χ2n) is 6.58. The molecule has 0 aliphatic rings. The van der Waals surface area contributed by atoms with Crippen molar-refractivity contribution in [3.63, 3.8) is 0 Å². The van der Waals surface area contributed by atoms with E-state index in [1.807, 2.05) is 23.7 Å². The monoisotopic (exact) mass is 273 g/mol. The van der Waals surface area contributed by atoms with Gasteiger partial charge in [0.15, 0.2) is 5.82 Å². The van der Waals surface area contributed by atoms with Gasteiger partial charge in [-0.1, -0.05) is 27.7 Å². The lowest BCUT2D eigenvalue weighted by atomic mass is 9.82. The molecule has 0 saturated carbocycles. The molecule has 1 unspecified atom stereocenters. The fraction of sp³-hybridized carbons (Fsp3) is 0.533. The largest absolute Gasteiger partial charge is 0.399 e. The Bertz CT molecular complexity index is 574. The Morgan fingerprint density at radius 3 is 2.55 bits per heavy atom. The van der Waals surface area contributed by atoms with Crippen LogP contribution in [0.1, 0.15) is 33.3 Å². The Labute approximate surface area is 120 Å². The second kappa shape index (κ2) is 5.23. The molecule has 1 atom stereocenters. The van der Waals surface area contributed by atoms with Crippen LogP contribution in [0.15, 0.2) is 18.2 Å². The first-order chi connectivity index (χ1) is 9.27. The average Bonchev–Trinajstić information content (AvgIpc) is 2.74. The van der Waals surface area contributed by atoms with Crippen LogP contribution in [0.5, 0.6) is 0 Å². The molecule has 0 bridgehead atoms. The fourth-order valence-corrected chi connectivity index (χ4v) is 2.01. The highest BCUT2D eigenvalue weighted by Crippen LogP contribution is 2.28. The smallest absolute Gasteiger partial charge is 0.182 e. The summed E-state index contributed by atoms with van der Waals surface area (Å²) in [5, 5.41) is 12.1. The molecule has 5 nitrogen and oxygen atoms in total. The third-order valence-corrected chi connectivity index (χ3v) is 3.81. The average molecular weight is 273 g/mol. The quantitative estimate of drug-likeness (QED) is 0.873. The maximum atomic E-state index is 5.91.